The van der Waals surface area contributed by atoms with Gasteiger partial charge in [-0.15, -0.1) is 11.3 Å². The van der Waals surface area contributed by atoms with Gasteiger partial charge in [0, 0.05) is 11.9 Å². The number of carbonyl (C=O) groups excluding carboxylic acids is 1. The van der Waals surface area contributed by atoms with Gasteiger partial charge in [-0.25, -0.2) is 13.4 Å². The number of hydrogen-bond acceptors (Lipinski definition) is 5. The van der Waals surface area contributed by atoms with E-state index in [0.29, 0.717) is 18.2 Å². The maximum Gasteiger partial charge on any atom is 0.263 e. The molecular weight excluding hydrogens is 346 g/mol. The van der Waals surface area contributed by atoms with E-state index in [9.17, 15) is 13.2 Å². The molecule has 24 heavy (non-hydrogen) atoms. The fourth-order valence-electron chi connectivity index (χ4n) is 1.94. The maximum atomic E-state index is 12.2. The Hall–Kier alpha value is -1.93. The Kier molecular flexibility index (Phi) is 6.33. The quantitative estimate of drug-likeness (QED) is 0.751. The van der Waals surface area contributed by atoms with E-state index in [4.69, 9.17) is 0 Å². The Balaban J connectivity index is 1.92. The minimum Gasteiger partial charge on any atom is -0.356 e. The van der Waals surface area contributed by atoms with Gasteiger partial charge in [0.15, 0.2) is 5.13 Å². The molecule has 1 aromatic heterocycles. The summed E-state index contributed by atoms with van der Waals surface area (Å²) in [5, 5.41) is 4.77. The van der Waals surface area contributed by atoms with E-state index in [1.807, 2.05) is 0 Å². The third-order valence-electron chi connectivity index (χ3n) is 3.21. The Bertz CT molecular complexity index is 771. The van der Waals surface area contributed by atoms with Gasteiger partial charge in [-0.2, -0.15) is 0 Å². The number of nitrogens with one attached hydrogen (secondary N) is 2. The Morgan fingerprint density at radius 2 is 1.96 bits per heavy atom. The fraction of sp³-hybridized carbons (Fsp3) is 0.375. The molecule has 0 atom stereocenters. The lowest BCUT2D eigenvalue weighted by molar-refractivity contribution is -0.120. The molecule has 0 bridgehead atoms. The normalized spacial score (nSPS) is 11.5. The molecule has 1 heterocycles. The zero-order valence-corrected chi connectivity index (χ0v) is 15.3. The van der Waals surface area contributed by atoms with Crippen molar-refractivity contribution in [1.29, 1.82) is 0 Å². The van der Waals surface area contributed by atoms with Crippen molar-refractivity contribution < 1.29 is 13.2 Å². The second kappa shape index (κ2) is 8.25. The van der Waals surface area contributed by atoms with Crippen LogP contribution in [0.3, 0.4) is 0 Å². The minimum atomic E-state index is -3.65. The van der Waals surface area contributed by atoms with Crippen LogP contribution in [-0.4, -0.2) is 25.9 Å². The highest BCUT2D eigenvalue weighted by Gasteiger charge is 2.16. The van der Waals surface area contributed by atoms with Crippen molar-refractivity contribution in [2.24, 2.45) is 5.92 Å². The Morgan fingerprint density at radius 1 is 1.25 bits per heavy atom. The highest BCUT2D eigenvalue weighted by molar-refractivity contribution is 7.93. The first-order chi connectivity index (χ1) is 11.4. The van der Waals surface area contributed by atoms with E-state index in [0.717, 1.165) is 17.8 Å². The number of aromatic nitrogens is 1. The van der Waals surface area contributed by atoms with Gasteiger partial charge in [0.05, 0.1) is 17.0 Å². The molecule has 2 aromatic rings. The third-order valence-corrected chi connectivity index (χ3v) is 5.50. The van der Waals surface area contributed by atoms with Gasteiger partial charge in [-0.3, -0.25) is 9.52 Å². The molecule has 1 amide bonds. The summed E-state index contributed by atoms with van der Waals surface area (Å²) in [5.41, 5.74) is 0.549. The number of amides is 1. The average Bonchev–Trinajstić information content (AvgIpc) is 2.94. The standard InChI is InChI=1S/C16H21N3O3S2/c1-12(2)8-9-17-15(20)10-13-11-23-16(18-13)19-24(21,22)14-6-4-3-5-7-14/h3-7,11-12H,8-10H2,1-2H3,(H,17,20)(H,18,19). The molecule has 0 fully saturated rings. The first-order valence-electron chi connectivity index (χ1n) is 7.66. The lowest BCUT2D eigenvalue weighted by Crippen LogP contribution is -2.27. The Labute approximate surface area is 146 Å². The predicted octanol–water partition coefficient (Wildman–Crippen LogP) is 2.65. The number of benzene rings is 1. The minimum absolute atomic E-state index is 0.113. The predicted molar refractivity (Wildman–Crippen MR) is 95.5 cm³/mol. The van der Waals surface area contributed by atoms with Crippen LogP contribution in [0.5, 0.6) is 0 Å². The molecule has 2 N–H and O–H groups in total. The summed E-state index contributed by atoms with van der Waals surface area (Å²) in [6.07, 6.45) is 1.06. The number of thiazole rings is 1. The summed E-state index contributed by atoms with van der Waals surface area (Å²) < 4.78 is 26.9. The van der Waals surface area contributed by atoms with Gasteiger partial charge < -0.3 is 5.32 Å². The SMILES string of the molecule is CC(C)CCNC(=O)Cc1csc(NS(=O)(=O)c2ccccc2)n1. The largest absolute Gasteiger partial charge is 0.356 e. The summed E-state index contributed by atoms with van der Waals surface area (Å²) in [4.78, 5) is 16.2. The second-order valence-electron chi connectivity index (χ2n) is 5.77. The molecule has 2 rings (SSSR count). The Morgan fingerprint density at radius 3 is 2.62 bits per heavy atom. The van der Waals surface area contributed by atoms with E-state index in [1.165, 1.54) is 12.1 Å². The molecule has 130 valence electrons. The van der Waals surface area contributed by atoms with Crippen molar-refractivity contribution in [3.05, 3.63) is 41.4 Å². The van der Waals surface area contributed by atoms with E-state index in [-0.39, 0.29) is 22.4 Å². The smallest absolute Gasteiger partial charge is 0.263 e. The van der Waals surface area contributed by atoms with Crippen LogP contribution in [0, 0.1) is 5.92 Å². The first kappa shape index (κ1) is 18.4. The van der Waals surface area contributed by atoms with Crippen molar-refractivity contribution in [2.45, 2.75) is 31.6 Å². The van der Waals surface area contributed by atoms with Crippen molar-refractivity contribution in [1.82, 2.24) is 10.3 Å². The van der Waals surface area contributed by atoms with E-state index >= 15 is 0 Å². The number of carbonyl (C=O) groups is 1. The molecule has 0 saturated heterocycles. The van der Waals surface area contributed by atoms with Crippen LogP contribution in [0.1, 0.15) is 26.0 Å². The van der Waals surface area contributed by atoms with Crippen LogP contribution in [0.2, 0.25) is 0 Å². The molecule has 0 unspecified atom stereocenters. The lowest BCUT2D eigenvalue weighted by atomic mass is 10.1. The summed E-state index contributed by atoms with van der Waals surface area (Å²) in [6, 6.07) is 8.09. The summed E-state index contributed by atoms with van der Waals surface area (Å²) in [7, 11) is -3.65. The summed E-state index contributed by atoms with van der Waals surface area (Å²) in [6.45, 7) is 4.82. The monoisotopic (exact) mass is 367 g/mol. The number of anilines is 1. The zero-order chi connectivity index (χ0) is 17.6. The van der Waals surface area contributed by atoms with Gasteiger partial charge in [-0.05, 0) is 24.5 Å². The van der Waals surface area contributed by atoms with Crippen LogP contribution < -0.4 is 10.0 Å². The maximum absolute atomic E-state index is 12.2. The molecule has 1 aromatic carbocycles. The van der Waals surface area contributed by atoms with Crippen molar-refractivity contribution in [3.63, 3.8) is 0 Å². The van der Waals surface area contributed by atoms with Crippen LogP contribution in [0.4, 0.5) is 5.13 Å². The van der Waals surface area contributed by atoms with Crippen molar-refractivity contribution in [3.8, 4) is 0 Å². The highest BCUT2D eigenvalue weighted by atomic mass is 32.2. The van der Waals surface area contributed by atoms with Crippen LogP contribution in [0.15, 0.2) is 40.6 Å². The van der Waals surface area contributed by atoms with Gasteiger partial charge in [-0.1, -0.05) is 32.0 Å². The van der Waals surface area contributed by atoms with Gasteiger partial charge in [0.2, 0.25) is 5.91 Å². The number of sulfonamides is 1. The molecule has 0 aliphatic carbocycles. The zero-order valence-electron chi connectivity index (χ0n) is 13.7. The van der Waals surface area contributed by atoms with Crippen molar-refractivity contribution >= 4 is 32.4 Å². The number of hydrogen-bond donors (Lipinski definition) is 2. The van der Waals surface area contributed by atoms with Gasteiger partial charge in [0.25, 0.3) is 10.0 Å². The van der Waals surface area contributed by atoms with Gasteiger partial charge >= 0.3 is 0 Å². The molecular formula is C16H21N3O3S2. The fourth-order valence-corrected chi connectivity index (χ4v) is 3.92. The number of nitrogens with zero attached hydrogens (tertiary/aromatic N) is 1. The topological polar surface area (TPSA) is 88.2 Å². The molecule has 0 saturated carbocycles. The first-order valence-corrected chi connectivity index (χ1v) is 10.0. The van der Waals surface area contributed by atoms with E-state index < -0.39 is 10.0 Å². The van der Waals surface area contributed by atoms with Crippen LogP contribution in [-0.2, 0) is 21.2 Å². The average molecular weight is 367 g/mol. The van der Waals surface area contributed by atoms with E-state index in [2.05, 4.69) is 28.9 Å². The molecule has 0 aliphatic heterocycles. The summed E-state index contributed by atoms with van der Waals surface area (Å²) in [5.74, 6) is 0.419. The highest BCUT2D eigenvalue weighted by Crippen LogP contribution is 2.20. The third kappa shape index (κ3) is 5.61. The molecule has 8 heteroatoms. The molecule has 6 nitrogen and oxygen atoms in total. The van der Waals surface area contributed by atoms with Gasteiger partial charge in [0.1, 0.15) is 0 Å². The van der Waals surface area contributed by atoms with Crippen molar-refractivity contribution in [2.75, 3.05) is 11.3 Å². The molecule has 0 radical (unpaired) electrons. The second-order valence-corrected chi connectivity index (χ2v) is 8.31. The van der Waals surface area contributed by atoms with Crippen LogP contribution >= 0.6 is 11.3 Å². The number of rotatable bonds is 8. The molecule has 0 spiro atoms. The molecule has 0 aliphatic rings. The van der Waals surface area contributed by atoms with Crippen LogP contribution in [0.25, 0.3) is 0 Å². The lowest BCUT2D eigenvalue weighted by Gasteiger charge is -2.06. The van der Waals surface area contributed by atoms with E-state index in [1.54, 1.807) is 23.6 Å². The summed E-state index contributed by atoms with van der Waals surface area (Å²) >= 11 is 1.16.